The van der Waals surface area contributed by atoms with Crippen molar-refractivity contribution < 1.29 is 46.9 Å². The smallest absolute Gasteiger partial charge is 0.475 e. The largest absolute Gasteiger partial charge is 0.490 e. The molecule has 3 heterocycles. The fraction of sp³-hybridized carbons (Fsp3) is 0.476. The number of hydrogen-bond donors (Lipinski definition) is 4. The van der Waals surface area contributed by atoms with Gasteiger partial charge in [-0.15, -0.1) is 10.2 Å². The van der Waals surface area contributed by atoms with Crippen molar-refractivity contribution in [1.82, 2.24) is 30.9 Å². The maximum atomic E-state index is 14.5. The van der Waals surface area contributed by atoms with Crippen LogP contribution in [0.25, 0.3) is 22.5 Å². The van der Waals surface area contributed by atoms with E-state index in [4.69, 9.17) is 30.1 Å². The second kappa shape index (κ2) is 20.0. The number of aromatic amines is 1. The van der Waals surface area contributed by atoms with Crippen LogP contribution < -0.4 is 20.9 Å². The van der Waals surface area contributed by atoms with Crippen LogP contribution in [0.2, 0.25) is 0 Å². The number of alkyl halides is 3. The van der Waals surface area contributed by atoms with Crippen LogP contribution in [-0.2, 0) is 30.3 Å². The van der Waals surface area contributed by atoms with E-state index in [-0.39, 0.29) is 36.4 Å². The van der Waals surface area contributed by atoms with Crippen molar-refractivity contribution in [2.24, 2.45) is 17.6 Å². The van der Waals surface area contributed by atoms with Crippen molar-refractivity contribution in [3.63, 3.8) is 0 Å². The van der Waals surface area contributed by atoms with Gasteiger partial charge in [-0.2, -0.15) is 18.4 Å². The maximum absolute atomic E-state index is 14.5. The van der Waals surface area contributed by atoms with E-state index in [9.17, 15) is 27.6 Å². The first-order valence-electron chi connectivity index (χ1n) is 20.0. The highest BCUT2D eigenvalue weighted by atomic mass is 19.4. The summed E-state index contributed by atoms with van der Waals surface area (Å²) >= 11 is 0. The van der Waals surface area contributed by atoms with Gasteiger partial charge in [0.25, 0.3) is 0 Å². The van der Waals surface area contributed by atoms with Gasteiger partial charge in [0.2, 0.25) is 17.6 Å². The molecule has 2 unspecified atom stereocenters. The van der Waals surface area contributed by atoms with Gasteiger partial charge in [0, 0.05) is 55.0 Å². The number of aromatic nitrogens is 5. The number of carbonyl (C=O) groups excluding carboxylic acids is 3. The number of hydrogen-bond acceptors (Lipinski definition) is 11. The predicted molar refractivity (Wildman–Crippen MR) is 219 cm³/mol. The van der Waals surface area contributed by atoms with Crippen LogP contribution in [0.3, 0.4) is 0 Å². The Labute approximate surface area is 351 Å². The number of rotatable bonds is 11. The van der Waals surface area contributed by atoms with Crippen LogP contribution in [0, 0.1) is 11.8 Å². The third-order valence-electron chi connectivity index (χ3n) is 10.2. The van der Waals surface area contributed by atoms with Gasteiger partial charge in [0.1, 0.15) is 17.5 Å². The summed E-state index contributed by atoms with van der Waals surface area (Å²) in [5.74, 6) is -2.28. The summed E-state index contributed by atoms with van der Waals surface area (Å²) in [5, 5.41) is 24.2. The number of alkyl carbamates (subject to hydrolysis) is 1. The zero-order valence-corrected chi connectivity index (χ0v) is 34.7. The highest BCUT2D eigenvalue weighted by Gasteiger charge is 2.38. The molecule has 2 aromatic heterocycles. The average Bonchev–Trinajstić information content (AvgIpc) is 3.75. The molecule has 4 aromatic rings. The molecule has 3 amide bonds. The first-order valence-corrected chi connectivity index (χ1v) is 20.0. The summed E-state index contributed by atoms with van der Waals surface area (Å²) < 4.78 is 43.0. The Bertz CT molecular complexity index is 2060. The number of nitrogens with one attached hydrogen (secondary N) is 2. The van der Waals surface area contributed by atoms with Crippen LogP contribution in [0.1, 0.15) is 65.9 Å². The van der Waals surface area contributed by atoms with E-state index < -0.39 is 35.8 Å². The molecule has 2 aliphatic rings. The van der Waals surface area contributed by atoms with Crippen molar-refractivity contribution in [3.8, 4) is 22.5 Å². The van der Waals surface area contributed by atoms with Gasteiger partial charge >= 0.3 is 18.2 Å². The Balaban J connectivity index is 0.000000925. The minimum Gasteiger partial charge on any atom is -0.475 e. The number of aliphatic carboxylic acids is 1. The average molecular weight is 852 g/mol. The summed E-state index contributed by atoms with van der Waals surface area (Å²) in [6, 6.07) is 18.3. The molecule has 61 heavy (non-hydrogen) atoms. The van der Waals surface area contributed by atoms with Crippen molar-refractivity contribution in [1.29, 1.82) is 0 Å². The molecule has 19 heteroatoms. The molecule has 0 radical (unpaired) electrons. The van der Waals surface area contributed by atoms with E-state index in [2.05, 4.69) is 50.8 Å². The highest BCUT2D eigenvalue weighted by molar-refractivity contribution is 6.01. The molecule has 1 aliphatic carbocycles. The fourth-order valence-electron chi connectivity index (χ4n) is 7.35. The summed E-state index contributed by atoms with van der Waals surface area (Å²) in [4.78, 5) is 57.4. The van der Waals surface area contributed by atoms with Crippen molar-refractivity contribution >= 4 is 35.4 Å². The molecular formula is C42H52F3N9O7. The molecule has 328 valence electrons. The zero-order chi connectivity index (χ0) is 44.5. The van der Waals surface area contributed by atoms with Crippen molar-refractivity contribution in [3.05, 3.63) is 72.4 Å². The Morgan fingerprint density at radius 2 is 1.52 bits per heavy atom. The number of tetrazole rings is 1. The molecule has 1 saturated carbocycles. The fourth-order valence-corrected chi connectivity index (χ4v) is 7.35. The van der Waals surface area contributed by atoms with Gasteiger partial charge in [0.15, 0.2) is 0 Å². The van der Waals surface area contributed by atoms with E-state index in [0.29, 0.717) is 36.5 Å². The quantitative estimate of drug-likeness (QED) is 0.138. The summed E-state index contributed by atoms with van der Waals surface area (Å²) in [5.41, 5.74) is 9.61. The van der Waals surface area contributed by atoms with Crippen LogP contribution in [0.15, 0.2) is 66.9 Å². The monoisotopic (exact) mass is 851 g/mol. The minimum atomic E-state index is -5.08. The number of anilines is 2. The normalized spacial score (nSPS) is 19.8. The van der Waals surface area contributed by atoms with E-state index in [1.54, 1.807) is 29.2 Å². The molecule has 0 spiro atoms. The number of carboxylic acids is 1. The number of primary amides is 1. The lowest BCUT2D eigenvalue weighted by Crippen LogP contribution is -2.52. The number of nitrogens with two attached hydrogens (primary N) is 1. The van der Waals surface area contributed by atoms with Gasteiger partial charge in [0.05, 0.1) is 12.2 Å². The minimum absolute atomic E-state index is 0.143. The molecule has 1 aliphatic heterocycles. The summed E-state index contributed by atoms with van der Waals surface area (Å²) in [6.07, 6.45) is -0.402. The lowest BCUT2D eigenvalue weighted by atomic mass is 9.81. The first-order chi connectivity index (χ1) is 28.8. The second-order valence-electron chi connectivity index (χ2n) is 16.3. The van der Waals surface area contributed by atoms with E-state index in [0.717, 1.165) is 48.4 Å². The molecule has 1 saturated heterocycles. The van der Waals surface area contributed by atoms with E-state index in [1.165, 1.54) is 0 Å². The van der Waals surface area contributed by atoms with Gasteiger partial charge < -0.3 is 30.5 Å². The van der Waals surface area contributed by atoms with E-state index in [1.807, 2.05) is 57.3 Å². The number of halogens is 3. The number of pyridine rings is 1. The first kappa shape index (κ1) is 46.0. The maximum Gasteiger partial charge on any atom is 0.490 e. The van der Waals surface area contributed by atoms with Crippen LogP contribution in [0.5, 0.6) is 0 Å². The standard InChI is InChI=1S/C40H51N9O5.C2HF3O2/c1-25-23-48(24-26(2)53-25)35-19-16-32(22-42-35)29-10-6-27(7-11-29)20-34(36(41)50)49(33-17-14-30(15-18-33)37-44-46-47-45-37)38(51)31-12-8-28(9-13-31)21-43-39(52)54-40(3,4)5;3-2(4,5)1(6)7/h6-7,10-11,14-19,22,25-26,28,31,34H,8-9,12-13,20-21,23-24H2,1-5H3,(H2,41,50)(H,43,52)(H,44,45,46,47);(H,6,7)/t25?,26?,28?,31?,34-;/m0./s1. The molecule has 2 fully saturated rings. The van der Waals surface area contributed by atoms with Gasteiger partial charge in [-0.25, -0.2) is 14.6 Å². The molecule has 5 N–H and O–H groups in total. The lowest BCUT2D eigenvalue weighted by Gasteiger charge is -2.36. The second-order valence-corrected chi connectivity index (χ2v) is 16.3. The number of morpholine rings is 1. The highest BCUT2D eigenvalue weighted by Crippen LogP contribution is 2.34. The Kier molecular flexibility index (Phi) is 15.0. The topological polar surface area (TPSA) is 219 Å². The van der Waals surface area contributed by atoms with Gasteiger partial charge in [-0.1, -0.05) is 24.3 Å². The molecular weight excluding hydrogens is 800 g/mol. The number of H-pyrrole nitrogens is 1. The third-order valence-corrected chi connectivity index (χ3v) is 10.2. The Morgan fingerprint density at radius 1 is 0.934 bits per heavy atom. The zero-order valence-electron chi connectivity index (χ0n) is 34.7. The summed E-state index contributed by atoms with van der Waals surface area (Å²) in [7, 11) is 0. The van der Waals surface area contributed by atoms with Crippen LogP contribution >= 0.6 is 0 Å². The predicted octanol–water partition coefficient (Wildman–Crippen LogP) is 5.94. The number of carboxylic acid groups (broad SMARTS) is 1. The Morgan fingerprint density at radius 3 is 2.03 bits per heavy atom. The van der Waals surface area contributed by atoms with Crippen LogP contribution in [-0.4, -0.2) is 104 Å². The summed E-state index contributed by atoms with van der Waals surface area (Å²) in [6.45, 7) is 11.7. The molecule has 3 atom stereocenters. The van der Waals surface area contributed by atoms with E-state index >= 15 is 0 Å². The number of benzene rings is 2. The number of carbonyl (C=O) groups is 4. The SMILES string of the molecule is CC1CN(c2ccc(-c3ccc(C[C@@H](C(N)=O)N(C(=O)C4CCC(CNC(=O)OC(C)(C)C)CC4)c4ccc(-c5nn[nH]n5)cc4)cc3)cn2)CC(C)O1.O=C(O)C(F)(F)F. The molecule has 6 rings (SSSR count). The van der Waals surface area contributed by atoms with Gasteiger partial charge in [-0.3, -0.25) is 14.5 Å². The van der Waals surface area contributed by atoms with Crippen molar-refractivity contribution in [2.75, 3.05) is 29.4 Å². The third kappa shape index (κ3) is 13.2. The number of amides is 3. The molecule has 0 bridgehead atoms. The van der Waals surface area contributed by atoms with Crippen LogP contribution in [0.4, 0.5) is 29.5 Å². The van der Waals surface area contributed by atoms with Crippen molar-refractivity contribution in [2.45, 2.75) is 96.7 Å². The number of ether oxygens (including phenoxy) is 2. The Hall–Kier alpha value is -6.11. The van der Waals surface area contributed by atoms with Gasteiger partial charge in [-0.05, 0) is 119 Å². The lowest BCUT2D eigenvalue weighted by molar-refractivity contribution is -0.192. The molecule has 2 aromatic carbocycles. The molecule has 16 nitrogen and oxygen atoms in total. The number of nitrogens with zero attached hydrogens (tertiary/aromatic N) is 6.